The van der Waals surface area contributed by atoms with Gasteiger partial charge in [0.15, 0.2) is 5.69 Å². The number of hydrogen-bond donors (Lipinski definition) is 1. The van der Waals surface area contributed by atoms with Crippen LogP contribution in [0.5, 0.6) is 0 Å². The van der Waals surface area contributed by atoms with Crippen LogP contribution in [0.15, 0.2) is 30.0 Å². The van der Waals surface area contributed by atoms with Gasteiger partial charge in [-0.3, -0.25) is 0 Å². The molecule has 0 atom stereocenters. The monoisotopic (exact) mass is 289 g/mol. The van der Waals surface area contributed by atoms with E-state index in [1.807, 2.05) is 17.5 Å². The number of aryl methyl sites for hydroxylation is 1. The molecule has 0 aliphatic carbocycles. The number of aromatic nitrogens is 5. The van der Waals surface area contributed by atoms with Crippen molar-refractivity contribution in [2.45, 2.75) is 6.54 Å². The Morgan fingerprint density at radius 3 is 2.95 bits per heavy atom. The standard InChI is InChI=1S/C12H11N5O2S/c1-16-7-13-5-9(16)11-10(12(18)19)14-15-17(11)6-8-3-2-4-20-8/h2-5,7H,6H2,1H3,(H,18,19). The Kier molecular flexibility index (Phi) is 3.07. The molecule has 0 aliphatic heterocycles. The minimum atomic E-state index is -1.10. The van der Waals surface area contributed by atoms with Crippen LogP contribution in [0.4, 0.5) is 0 Å². The van der Waals surface area contributed by atoms with E-state index in [1.165, 1.54) is 0 Å². The third-order valence-electron chi connectivity index (χ3n) is 2.88. The SMILES string of the molecule is Cn1cncc1-c1c(C(=O)O)nnn1Cc1cccs1. The number of hydrogen-bond acceptors (Lipinski definition) is 5. The number of carbonyl (C=O) groups is 1. The molecule has 0 fully saturated rings. The molecule has 3 aromatic rings. The average molecular weight is 289 g/mol. The largest absolute Gasteiger partial charge is 0.476 e. The Balaban J connectivity index is 2.11. The molecule has 3 heterocycles. The highest BCUT2D eigenvalue weighted by atomic mass is 32.1. The zero-order valence-electron chi connectivity index (χ0n) is 10.6. The van der Waals surface area contributed by atoms with Crippen LogP contribution in [0.1, 0.15) is 15.4 Å². The van der Waals surface area contributed by atoms with Crippen LogP contribution < -0.4 is 0 Å². The smallest absolute Gasteiger partial charge is 0.358 e. The number of rotatable bonds is 4. The van der Waals surface area contributed by atoms with E-state index in [9.17, 15) is 9.90 Å². The minimum Gasteiger partial charge on any atom is -0.476 e. The van der Waals surface area contributed by atoms with Crippen molar-refractivity contribution in [1.82, 2.24) is 24.5 Å². The van der Waals surface area contributed by atoms with Crippen LogP contribution in [0, 0.1) is 0 Å². The van der Waals surface area contributed by atoms with Gasteiger partial charge in [-0.25, -0.2) is 14.5 Å². The molecule has 0 unspecified atom stereocenters. The number of nitrogens with zero attached hydrogens (tertiary/aromatic N) is 5. The molecular formula is C12H11N5O2S. The summed E-state index contributed by atoms with van der Waals surface area (Å²) < 4.78 is 3.34. The second-order valence-electron chi connectivity index (χ2n) is 4.22. The number of carboxylic acid groups (broad SMARTS) is 1. The van der Waals surface area contributed by atoms with Crippen molar-refractivity contribution in [2.24, 2.45) is 7.05 Å². The summed E-state index contributed by atoms with van der Waals surface area (Å²) in [5.41, 5.74) is 1.07. The normalized spacial score (nSPS) is 10.8. The molecule has 3 rings (SSSR count). The first-order valence-corrected chi connectivity index (χ1v) is 6.70. The molecule has 0 saturated heterocycles. The van der Waals surface area contributed by atoms with Gasteiger partial charge in [0.2, 0.25) is 0 Å². The second-order valence-corrected chi connectivity index (χ2v) is 5.25. The molecule has 3 aromatic heterocycles. The van der Waals surface area contributed by atoms with E-state index in [4.69, 9.17) is 0 Å². The second kappa shape index (κ2) is 4.89. The lowest BCUT2D eigenvalue weighted by Crippen LogP contribution is -2.07. The fourth-order valence-corrected chi connectivity index (χ4v) is 2.64. The fraction of sp³-hybridized carbons (Fsp3) is 0.167. The van der Waals surface area contributed by atoms with E-state index in [0.29, 0.717) is 17.9 Å². The number of thiophene rings is 1. The van der Waals surface area contributed by atoms with Crippen LogP contribution >= 0.6 is 11.3 Å². The summed E-state index contributed by atoms with van der Waals surface area (Å²) in [6.45, 7) is 0.485. The maximum absolute atomic E-state index is 11.3. The minimum absolute atomic E-state index is 0.0647. The van der Waals surface area contributed by atoms with Crippen LogP contribution in [-0.4, -0.2) is 35.6 Å². The Hall–Kier alpha value is -2.48. The van der Waals surface area contributed by atoms with Gasteiger partial charge in [0.1, 0.15) is 5.69 Å². The van der Waals surface area contributed by atoms with E-state index in [-0.39, 0.29) is 5.69 Å². The molecule has 0 saturated carbocycles. The lowest BCUT2D eigenvalue weighted by Gasteiger charge is -2.06. The van der Waals surface area contributed by atoms with Gasteiger partial charge >= 0.3 is 5.97 Å². The van der Waals surface area contributed by atoms with Gasteiger partial charge in [-0.15, -0.1) is 16.4 Å². The molecule has 0 aromatic carbocycles. The van der Waals surface area contributed by atoms with Crippen molar-refractivity contribution in [3.63, 3.8) is 0 Å². The first-order chi connectivity index (χ1) is 9.66. The van der Waals surface area contributed by atoms with Crippen molar-refractivity contribution < 1.29 is 9.90 Å². The molecule has 0 spiro atoms. The van der Waals surface area contributed by atoms with Gasteiger partial charge in [0.25, 0.3) is 0 Å². The fourth-order valence-electron chi connectivity index (χ4n) is 1.96. The highest BCUT2D eigenvalue weighted by Crippen LogP contribution is 2.23. The van der Waals surface area contributed by atoms with E-state index < -0.39 is 5.97 Å². The van der Waals surface area contributed by atoms with E-state index in [1.54, 1.807) is 40.2 Å². The summed E-state index contributed by atoms with van der Waals surface area (Å²) in [4.78, 5) is 16.4. The van der Waals surface area contributed by atoms with Gasteiger partial charge in [-0.1, -0.05) is 11.3 Å². The maximum atomic E-state index is 11.3. The van der Waals surface area contributed by atoms with Crippen molar-refractivity contribution in [2.75, 3.05) is 0 Å². The average Bonchev–Trinajstić information content (AvgIpc) is 3.10. The summed E-state index contributed by atoms with van der Waals surface area (Å²) in [6, 6.07) is 3.92. The molecule has 0 bridgehead atoms. The van der Waals surface area contributed by atoms with Crippen LogP contribution in [-0.2, 0) is 13.6 Å². The molecule has 20 heavy (non-hydrogen) atoms. The topological polar surface area (TPSA) is 85.8 Å². The van der Waals surface area contributed by atoms with Crippen molar-refractivity contribution in [3.8, 4) is 11.4 Å². The number of carboxylic acids is 1. The van der Waals surface area contributed by atoms with E-state index in [0.717, 1.165) is 4.88 Å². The van der Waals surface area contributed by atoms with Gasteiger partial charge in [0, 0.05) is 11.9 Å². The zero-order valence-corrected chi connectivity index (χ0v) is 11.4. The quantitative estimate of drug-likeness (QED) is 0.786. The molecule has 1 N–H and O–H groups in total. The van der Waals surface area contributed by atoms with Crippen molar-refractivity contribution in [1.29, 1.82) is 0 Å². The Morgan fingerprint density at radius 1 is 1.50 bits per heavy atom. The summed E-state index contributed by atoms with van der Waals surface area (Å²) in [5, 5.41) is 18.9. The molecule has 0 radical (unpaired) electrons. The Bertz CT molecular complexity index is 744. The highest BCUT2D eigenvalue weighted by molar-refractivity contribution is 7.09. The summed E-state index contributed by atoms with van der Waals surface area (Å²) in [6.07, 6.45) is 3.22. The Morgan fingerprint density at radius 2 is 2.35 bits per heavy atom. The predicted molar refractivity (Wildman–Crippen MR) is 72.6 cm³/mol. The van der Waals surface area contributed by atoms with Crippen molar-refractivity contribution in [3.05, 3.63) is 40.6 Å². The number of aromatic carboxylic acids is 1. The highest BCUT2D eigenvalue weighted by Gasteiger charge is 2.22. The molecule has 0 aliphatic rings. The van der Waals surface area contributed by atoms with Gasteiger partial charge in [0.05, 0.1) is 24.8 Å². The van der Waals surface area contributed by atoms with Crippen molar-refractivity contribution >= 4 is 17.3 Å². The van der Waals surface area contributed by atoms with Gasteiger partial charge in [-0.2, -0.15) is 0 Å². The molecule has 7 nitrogen and oxygen atoms in total. The summed E-state index contributed by atoms with van der Waals surface area (Å²) >= 11 is 1.59. The Labute approximate surface area is 118 Å². The van der Waals surface area contributed by atoms with Crippen LogP contribution in [0.2, 0.25) is 0 Å². The predicted octanol–water partition coefficient (Wildman–Crippen LogP) is 1.49. The molecular weight excluding hydrogens is 278 g/mol. The summed E-state index contributed by atoms with van der Waals surface area (Å²) in [7, 11) is 1.80. The van der Waals surface area contributed by atoms with Crippen LogP contribution in [0.25, 0.3) is 11.4 Å². The molecule has 0 amide bonds. The maximum Gasteiger partial charge on any atom is 0.358 e. The van der Waals surface area contributed by atoms with E-state index >= 15 is 0 Å². The summed E-state index contributed by atoms with van der Waals surface area (Å²) in [5.74, 6) is -1.10. The lowest BCUT2D eigenvalue weighted by atomic mass is 10.2. The molecule has 8 heteroatoms. The first kappa shape index (κ1) is 12.5. The van der Waals surface area contributed by atoms with E-state index in [2.05, 4.69) is 15.3 Å². The zero-order chi connectivity index (χ0) is 14.1. The van der Waals surface area contributed by atoms with Gasteiger partial charge in [-0.05, 0) is 11.4 Å². The molecule has 102 valence electrons. The number of imidazole rings is 1. The third kappa shape index (κ3) is 2.10. The first-order valence-electron chi connectivity index (χ1n) is 5.82. The van der Waals surface area contributed by atoms with Crippen LogP contribution in [0.3, 0.4) is 0 Å². The van der Waals surface area contributed by atoms with Gasteiger partial charge < -0.3 is 9.67 Å². The third-order valence-corrected chi connectivity index (χ3v) is 3.74. The lowest BCUT2D eigenvalue weighted by molar-refractivity contribution is 0.0691.